The van der Waals surface area contributed by atoms with E-state index in [-0.39, 0.29) is 17.5 Å². The van der Waals surface area contributed by atoms with Gasteiger partial charge in [0.2, 0.25) is 11.8 Å². The van der Waals surface area contributed by atoms with Crippen LogP contribution in [0.2, 0.25) is 0 Å². The molecule has 0 aliphatic carbocycles. The fourth-order valence-electron chi connectivity index (χ4n) is 3.30. The first-order chi connectivity index (χ1) is 14.0. The van der Waals surface area contributed by atoms with Crippen molar-refractivity contribution >= 4 is 34.9 Å². The first-order valence-corrected chi connectivity index (χ1v) is 10.4. The molecule has 2 amide bonds. The third-order valence-electron chi connectivity index (χ3n) is 4.84. The van der Waals surface area contributed by atoms with Crippen molar-refractivity contribution in [1.82, 2.24) is 10.2 Å². The van der Waals surface area contributed by atoms with Gasteiger partial charge in [0.15, 0.2) is 0 Å². The van der Waals surface area contributed by atoms with E-state index in [1.54, 1.807) is 29.5 Å². The van der Waals surface area contributed by atoms with Crippen LogP contribution in [0.1, 0.15) is 35.8 Å². The molecular formula is C21H23N3O4S. The molecule has 1 N–H and O–H groups in total. The van der Waals surface area contributed by atoms with Crippen molar-refractivity contribution in [3.63, 3.8) is 0 Å². The fourth-order valence-corrected chi connectivity index (χ4v) is 4.19. The lowest BCUT2D eigenvalue weighted by atomic mass is 10.1. The maximum Gasteiger partial charge on any atom is 0.269 e. The van der Waals surface area contributed by atoms with Gasteiger partial charge in [-0.05, 0) is 53.6 Å². The minimum absolute atomic E-state index is 0.00415. The monoisotopic (exact) mass is 413 g/mol. The van der Waals surface area contributed by atoms with Crippen LogP contribution in [-0.4, -0.2) is 34.2 Å². The van der Waals surface area contributed by atoms with Crippen LogP contribution in [0.3, 0.4) is 0 Å². The number of non-ortho nitro benzene ring substituents is 1. The van der Waals surface area contributed by atoms with Gasteiger partial charge in [-0.3, -0.25) is 19.7 Å². The Morgan fingerprint density at radius 3 is 2.76 bits per heavy atom. The number of nitro benzene ring substituents is 1. The second-order valence-corrected chi connectivity index (χ2v) is 7.91. The molecule has 0 spiro atoms. The molecule has 8 heteroatoms. The number of hydrogen-bond donors (Lipinski definition) is 1. The summed E-state index contributed by atoms with van der Waals surface area (Å²) in [7, 11) is 0. The van der Waals surface area contributed by atoms with Crippen LogP contribution in [0.25, 0.3) is 6.08 Å². The lowest BCUT2D eigenvalue weighted by Gasteiger charge is -2.30. The highest BCUT2D eigenvalue weighted by Gasteiger charge is 2.28. The van der Waals surface area contributed by atoms with Gasteiger partial charge in [-0.25, -0.2) is 0 Å². The molecule has 3 rings (SSSR count). The number of nitro groups is 1. The summed E-state index contributed by atoms with van der Waals surface area (Å²) < 4.78 is 0. The molecular weight excluding hydrogens is 390 g/mol. The predicted octanol–water partition coefficient (Wildman–Crippen LogP) is 3.54. The fraction of sp³-hybridized carbons (Fsp3) is 0.333. The number of thiophene rings is 1. The zero-order valence-electron chi connectivity index (χ0n) is 16.2. The van der Waals surface area contributed by atoms with Gasteiger partial charge in [-0.2, -0.15) is 0 Å². The topological polar surface area (TPSA) is 92.5 Å². The molecule has 1 aliphatic heterocycles. The van der Waals surface area contributed by atoms with Crippen molar-refractivity contribution in [2.45, 2.75) is 38.8 Å². The zero-order chi connectivity index (χ0) is 20.8. The van der Waals surface area contributed by atoms with Crippen molar-refractivity contribution in [1.29, 1.82) is 0 Å². The number of amides is 2. The quantitative estimate of drug-likeness (QED) is 0.427. The van der Waals surface area contributed by atoms with Crippen LogP contribution in [-0.2, 0) is 22.6 Å². The number of carbonyl (C=O) groups is 2. The Kier molecular flexibility index (Phi) is 6.77. The van der Waals surface area contributed by atoms with Crippen molar-refractivity contribution in [3.8, 4) is 0 Å². The third-order valence-corrected chi connectivity index (χ3v) is 5.87. The van der Waals surface area contributed by atoms with Crippen molar-refractivity contribution < 1.29 is 14.5 Å². The van der Waals surface area contributed by atoms with Crippen LogP contribution >= 0.6 is 11.3 Å². The van der Waals surface area contributed by atoms with Gasteiger partial charge < -0.3 is 10.2 Å². The van der Waals surface area contributed by atoms with E-state index in [1.165, 1.54) is 28.6 Å². The normalized spacial score (nSPS) is 14.4. The lowest BCUT2D eigenvalue weighted by molar-refractivity contribution is -0.384. The molecule has 152 valence electrons. The molecule has 0 bridgehead atoms. The summed E-state index contributed by atoms with van der Waals surface area (Å²) in [5.74, 6) is -0.413. The number of carbonyl (C=O) groups excluding carboxylic acids is 2. The Labute approximate surface area is 173 Å². The highest BCUT2D eigenvalue weighted by atomic mass is 32.1. The molecule has 0 saturated heterocycles. The molecule has 29 heavy (non-hydrogen) atoms. The number of rotatable bonds is 7. The van der Waals surface area contributed by atoms with Crippen LogP contribution < -0.4 is 5.32 Å². The van der Waals surface area contributed by atoms with Crippen LogP contribution in [0.4, 0.5) is 5.69 Å². The zero-order valence-corrected chi connectivity index (χ0v) is 17.0. The molecule has 1 unspecified atom stereocenters. The Hall–Kier alpha value is -3.00. The van der Waals surface area contributed by atoms with Gasteiger partial charge in [-0.1, -0.05) is 13.3 Å². The van der Waals surface area contributed by atoms with E-state index in [0.29, 0.717) is 25.1 Å². The van der Waals surface area contributed by atoms with Gasteiger partial charge in [0, 0.05) is 36.2 Å². The summed E-state index contributed by atoms with van der Waals surface area (Å²) in [6.07, 6.45) is 5.13. The molecule has 0 saturated carbocycles. The Morgan fingerprint density at radius 1 is 1.31 bits per heavy atom. The Bertz CT molecular complexity index is 920. The summed E-state index contributed by atoms with van der Waals surface area (Å²) in [5, 5.41) is 15.6. The van der Waals surface area contributed by atoms with E-state index < -0.39 is 11.0 Å². The van der Waals surface area contributed by atoms with E-state index in [9.17, 15) is 19.7 Å². The smallest absolute Gasteiger partial charge is 0.269 e. The standard InChI is InChI=1S/C21H23N3O4S/c1-2-3-18(21(26)23-12-10-19-16(14-23)11-13-29-19)22-20(25)9-6-15-4-7-17(8-5-15)24(27)28/h4-9,11,13,18H,2-3,10,12,14H2,1H3,(H,22,25). The summed E-state index contributed by atoms with van der Waals surface area (Å²) >= 11 is 1.72. The molecule has 0 radical (unpaired) electrons. The molecule has 1 aromatic heterocycles. The molecule has 1 atom stereocenters. The molecule has 0 fully saturated rings. The predicted molar refractivity (Wildman–Crippen MR) is 112 cm³/mol. The summed E-state index contributed by atoms with van der Waals surface area (Å²) in [6, 6.07) is 7.41. The molecule has 7 nitrogen and oxygen atoms in total. The first kappa shape index (κ1) is 20.7. The van der Waals surface area contributed by atoms with Gasteiger partial charge >= 0.3 is 0 Å². The van der Waals surface area contributed by atoms with Gasteiger partial charge in [-0.15, -0.1) is 11.3 Å². The number of nitrogens with one attached hydrogen (secondary N) is 1. The molecule has 1 aliphatic rings. The van der Waals surface area contributed by atoms with Crippen LogP contribution in [0.5, 0.6) is 0 Å². The van der Waals surface area contributed by atoms with Crippen LogP contribution in [0.15, 0.2) is 41.8 Å². The molecule has 2 aromatic rings. The second-order valence-electron chi connectivity index (χ2n) is 6.91. The van der Waals surface area contributed by atoms with Gasteiger partial charge in [0.1, 0.15) is 6.04 Å². The summed E-state index contributed by atoms with van der Waals surface area (Å²) in [6.45, 7) is 3.24. The summed E-state index contributed by atoms with van der Waals surface area (Å²) in [5.41, 5.74) is 1.86. The van der Waals surface area contributed by atoms with Crippen molar-refractivity contribution in [2.24, 2.45) is 0 Å². The Morgan fingerprint density at radius 2 is 2.07 bits per heavy atom. The largest absolute Gasteiger partial charge is 0.341 e. The number of benzene rings is 1. The Balaban J connectivity index is 1.61. The number of nitrogens with zero attached hydrogens (tertiary/aromatic N) is 2. The lowest BCUT2D eigenvalue weighted by Crippen LogP contribution is -2.49. The minimum atomic E-state index is -0.561. The van der Waals surface area contributed by atoms with Gasteiger partial charge in [0.05, 0.1) is 4.92 Å². The van der Waals surface area contributed by atoms with Crippen LogP contribution in [0, 0.1) is 10.1 Å². The SMILES string of the molecule is CCCC(NC(=O)C=Cc1ccc([N+](=O)[O-])cc1)C(=O)N1CCc2sccc2C1. The average molecular weight is 413 g/mol. The van der Waals surface area contributed by atoms with E-state index in [1.807, 2.05) is 17.2 Å². The highest BCUT2D eigenvalue weighted by molar-refractivity contribution is 7.10. The maximum absolute atomic E-state index is 13.0. The van der Waals surface area contributed by atoms with Gasteiger partial charge in [0.25, 0.3) is 5.69 Å². The second kappa shape index (κ2) is 9.47. The van der Waals surface area contributed by atoms with E-state index in [2.05, 4.69) is 11.4 Å². The summed E-state index contributed by atoms with van der Waals surface area (Å²) in [4.78, 5) is 38.7. The highest BCUT2D eigenvalue weighted by Crippen LogP contribution is 2.24. The first-order valence-electron chi connectivity index (χ1n) is 9.55. The van der Waals surface area contributed by atoms with Crippen molar-refractivity contribution in [3.05, 3.63) is 67.9 Å². The van der Waals surface area contributed by atoms with E-state index >= 15 is 0 Å². The maximum atomic E-state index is 13.0. The van der Waals surface area contributed by atoms with E-state index in [4.69, 9.17) is 0 Å². The molecule has 1 aromatic carbocycles. The van der Waals surface area contributed by atoms with E-state index in [0.717, 1.165) is 12.8 Å². The minimum Gasteiger partial charge on any atom is -0.341 e. The number of hydrogen-bond acceptors (Lipinski definition) is 5. The van der Waals surface area contributed by atoms with Crippen molar-refractivity contribution in [2.75, 3.05) is 6.54 Å². The molecule has 2 heterocycles. The number of fused-ring (bicyclic) bond motifs is 1. The average Bonchev–Trinajstić information content (AvgIpc) is 3.19. The third kappa shape index (κ3) is 5.29.